The average molecular weight is 391 g/mol. The van der Waals surface area contributed by atoms with Crippen LogP contribution in [0.1, 0.15) is 26.3 Å². The number of hydrogen-bond donors (Lipinski definition) is 1. The third kappa shape index (κ3) is 3.62. The lowest BCUT2D eigenvalue weighted by molar-refractivity contribution is -0.901. The van der Waals surface area contributed by atoms with Gasteiger partial charge < -0.3 is 9.64 Å². The standard InChI is InChI=1S/C18H16ClN3O5/c1-20(9-11-7-12(19)3-6-16(11)27-2)10-21-17(23)14-5-4-13(22(25)26)8-15(14)18(21)24/h3-8H,9-10H2,1-2H3/p+1. The summed E-state index contributed by atoms with van der Waals surface area (Å²) in [5, 5.41) is 11.5. The number of nitrogens with zero attached hydrogens (tertiary/aromatic N) is 2. The Balaban J connectivity index is 1.78. The van der Waals surface area contributed by atoms with Gasteiger partial charge in [0.1, 0.15) is 12.3 Å². The summed E-state index contributed by atoms with van der Waals surface area (Å²) in [5.74, 6) is -0.324. The highest BCUT2D eigenvalue weighted by Crippen LogP contribution is 2.26. The van der Waals surface area contributed by atoms with Gasteiger partial charge in [0.2, 0.25) is 0 Å². The number of nitrogens with one attached hydrogen (secondary N) is 1. The van der Waals surface area contributed by atoms with Crippen LogP contribution in [0.25, 0.3) is 0 Å². The molecule has 2 aromatic carbocycles. The number of hydrogen-bond acceptors (Lipinski definition) is 5. The molecule has 1 heterocycles. The minimum Gasteiger partial charge on any atom is -0.496 e. The topological polar surface area (TPSA) is 94.2 Å². The lowest BCUT2D eigenvalue weighted by atomic mass is 10.1. The molecule has 1 aliphatic rings. The smallest absolute Gasteiger partial charge is 0.270 e. The van der Waals surface area contributed by atoms with Crippen LogP contribution in [0.5, 0.6) is 5.75 Å². The molecule has 2 amide bonds. The predicted molar refractivity (Wildman–Crippen MR) is 97.1 cm³/mol. The molecule has 0 saturated carbocycles. The summed E-state index contributed by atoms with van der Waals surface area (Å²) in [5.41, 5.74) is 0.858. The van der Waals surface area contributed by atoms with Crippen molar-refractivity contribution >= 4 is 29.1 Å². The van der Waals surface area contributed by atoms with Crippen molar-refractivity contribution in [2.45, 2.75) is 6.54 Å². The Hall–Kier alpha value is -2.97. The Bertz CT molecular complexity index is 947. The maximum absolute atomic E-state index is 12.6. The van der Waals surface area contributed by atoms with E-state index in [-0.39, 0.29) is 23.5 Å². The lowest BCUT2D eigenvalue weighted by Crippen LogP contribution is -3.09. The summed E-state index contributed by atoms with van der Waals surface area (Å²) < 4.78 is 5.32. The number of halogens is 1. The van der Waals surface area contributed by atoms with Gasteiger partial charge >= 0.3 is 0 Å². The van der Waals surface area contributed by atoms with Crippen molar-refractivity contribution < 1.29 is 24.1 Å². The fraction of sp³-hybridized carbons (Fsp3) is 0.222. The first-order valence-electron chi connectivity index (χ1n) is 8.10. The Kier molecular flexibility index (Phi) is 5.11. The van der Waals surface area contributed by atoms with Gasteiger partial charge in [-0.1, -0.05) is 11.6 Å². The van der Waals surface area contributed by atoms with Crippen LogP contribution >= 0.6 is 11.6 Å². The van der Waals surface area contributed by atoms with Gasteiger partial charge in [0.05, 0.1) is 30.2 Å². The minimum atomic E-state index is -0.594. The van der Waals surface area contributed by atoms with Crippen molar-refractivity contribution in [2.24, 2.45) is 0 Å². The molecule has 0 radical (unpaired) electrons. The number of carbonyl (C=O) groups excluding carboxylic acids is 2. The fourth-order valence-corrected chi connectivity index (χ4v) is 3.27. The highest BCUT2D eigenvalue weighted by Gasteiger charge is 2.38. The number of benzene rings is 2. The molecule has 0 aromatic heterocycles. The second-order valence-electron chi connectivity index (χ2n) is 6.27. The Morgan fingerprint density at radius 1 is 1.15 bits per heavy atom. The number of imide groups is 1. The largest absolute Gasteiger partial charge is 0.496 e. The quantitative estimate of drug-likeness (QED) is 0.458. The second-order valence-corrected chi connectivity index (χ2v) is 6.71. The molecule has 1 atom stereocenters. The molecular formula is C18H17ClN3O5+. The molecule has 0 aliphatic carbocycles. The molecule has 1 N–H and O–H groups in total. The Morgan fingerprint density at radius 3 is 2.52 bits per heavy atom. The van der Waals surface area contributed by atoms with E-state index >= 15 is 0 Å². The summed E-state index contributed by atoms with van der Waals surface area (Å²) in [6.45, 7) is 0.576. The zero-order chi connectivity index (χ0) is 19.7. The number of non-ortho nitro benzene ring substituents is 1. The van der Waals surface area contributed by atoms with Crippen LogP contribution in [0.15, 0.2) is 36.4 Å². The van der Waals surface area contributed by atoms with E-state index in [0.717, 1.165) is 21.4 Å². The van der Waals surface area contributed by atoms with Gasteiger partial charge in [-0.2, -0.15) is 0 Å². The summed E-state index contributed by atoms with van der Waals surface area (Å²) in [7, 11) is 3.38. The monoisotopic (exact) mass is 390 g/mol. The molecule has 0 spiro atoms. The zero-order valence-corrected chi connectivity index (χ0v) is 15.4. The van der Waals surface area contributed by atoms with E-state index < -0.39 is 16.7 Å². The Labute approximate surface area is 160 Å². The molecule has 1 unspecified atom stereocenters. The van der Waals surface area contributed by atoms with Crippen LogP contribution in [0.2, 0.25) is 5.02 Å². The van der Waals surface area contributed by atoms with Crippen molar-refractivity contribution in [2.75, 3.05) is 20.8 Å². The van der Waals surface area contributed by atoms with E-state index in [4.69, 9.17) is 16.3 Å². The number of fused-ring (bicyclic) bond motifs is 1. The van der Waals surface area contributed by atoms with Gasteiger partial charge in [0, 0.05) is 22.7 Å². The number of quaternary nitrogens is 1. The highest BCUT2D eigenvalue weighted by molar-refractivity contribution is 6.30. The van der Waals surface area contributed by atoms with Crippen molar-refractivity contribution in [3.63, 3.8) is 0 Å². The third-order valence-electron chi connectivity index (χ3n) is 4.33. The van der Waals surface area contributed by atoms with Gasteiger partial charge in [-0.25, -0.2) is 4.90 Å². The summed E-state index contributed by atoms with van der Waals surface area (Å²) in [6, 6.07) is 8.94. The molecule has 8 nitrogen and oxygen atoms in total. The Morgan fingerprint density at radius 2 is 1.85 bits per heavy atom. The van der Waals surface area contributed by atoms with E-state index in [9.17, 15) is 19.7 Å². The van der Waals surface area contributed by atoms with Crippen LogP contribution < -0.4 is 9.64 Å². The minimum absolute atomic E-state index is 0.0577. The molecular weight excluding hydrogens is 374 g/mol. The molecule has 0 saturated heterocycles. The van der Waals surface area contributed by atoms with Crippen LogP contribution in [0.4, 0.5) is 5.69 Å². The predicted octanol–water partition coefficient (Wildman–Crippen LogP) is 1.53. The molecule has 27 heavy (non-hydrogen) atoms. The van der Waals surface area contributed by atoms with Gasteiger partial charge in [-0.3, -0.25) is 19.7 Å². The van der Waals surface area contributed by atoms with Crippen LogP contribution in [0, 0.1) is 10.1 Å². The van der Waals surface area contributed by atoms with Crippen molar-refractivity contribution in [3.05, 3.63) is 68.2 Å². The first-order valence-corrected chi connectivity index (χ1v) is 8.48. The van der Waals surface area contributed by atoms with E-state index in [0.29, 0.717) is 17.3 Å². The number of nitro groups is 1. The normalized spacial score (nSPS) is 14.3. The molecule has 2 aromatic rings. The van der Waals surface area contributed by atoms with E-state index in [1.54, 1.807) is 25.3 Å². The second kappa shape index (κ2) is 7.34. The molecule has 1 aliphatic heterocycles. The summed E-state index contributed by atoms with van der Waals surface area (Å²) in [4.78, 5) is 37.4. The van der Waals surface area contributed by atoms with Crippen LogP contribution in [-0.2, 0) is 6.54 Å². The first kappa shape index (κ1) is 18.8. The number of rotatable bonds is 6. The number of methoxy groups -OCH3 is 1. The summed E-state index contributed by atoms with van der Waals surface area (Å²) in [6.07, 6.45) is 0. The molecule has 140 valence electrons. The third-order valence-corrected chi connectivity index (χ3v) is 4.56. The number of ether oxygens (including phenoxy) is 1. The number of nitro benzene ring substituents is 1. The molecule has 0 fully saturated rings. The molecule has 3 rings (SSSR count). The van der Waals surface area contributed by atoms with Gasteiger partial charge in [0.25, 0.3) is 17.5 Å². The molecule has 9 heteroatoms. The fourth-order valence-electron chi connectivity index (χ4n) is 3.07. The van der Waals surface area contributed by atoms with E-state index in [1.165, 1.54) is 12.1 Å². The van der Waals surface area contributed by atoms with Crippen molar-refractivity contribution in [1.29, 1.82) is 0 Å². The first-order chi connectivity index (χ1) is 12.8. The van der Waals surface area contributed by atoms with Gasteiger partial charge in [0.15, 0.2) is 6.67 Å². The van der Waals surface area contributed by atoms with Crippen LogP contribution in [0.3, 0.4) is 0 Å². The average Bonchev–Trinajstić information content (AvgIpc) is 2.86. The lowest BCUT2D eigenvalue weighted by Gasteiger charge is -2.21. The maximum atomic E-state index is 12.6. The van der Waals surface area contributed by atoms with Crippen molar-refractivity contribution in [1.82, 2.24) is 4.90 Å². The van der Waals surface area contributed by atoms with Crippen LogP contribution in [-0.4, -0.2) is 42.5 Å². The number of carbonyl (C=O) groups is 2. The number of amides is 2. The van der Waals surface area contributed by atoms with Gasteiger partial charge in [-0.05, 0) is 24.3 Å². The van der Waals surface area contributed by atoms with Gasteiger partial charge in [-0.15, -0.1) is 0 Å². The maximum Gasteiger partial charge on any atom is 0.270 e. The van der Waals surface area contributed by atoms with Crippen molar-refractivity contribution in [3.8, 4) is 5.75 Å². The summed E-state index contributed by atoms with van der Waals surface area (Å²) >= 11 is 6.04. The molecule has 0 bridgehead atoms. The van der Waals surface area contributed by atoms with E-state index in [1.807, 2.05) is 7.05 Å². The highest BCUT2D eigenvalue weighted by atomic mass is 35.5. The zero-order valence-electron chi connectivity index (χ0n) is 14.7. The van der Waals surface area contributed by atoms with E-state index in [2.05, 4.69) is 0 Å². The SMILES string of the molecule is COc1ccc(Cl)cc1C[NH+](C)CN1C(=O)c2ccc([N+](=O)[O-])cc2C1=O.